The van der Waals surface area contributed by atoms with Gasteiger partial charge in [0.1, 0.15) is 5.82 Å². The van der Waals surface area contributed by atoms with E-state index < -0.39 is 29.8 Å². The van der Waals surface area contributed by atoms with Gasteiger partial charge < -0.3 is 20.1 Å². The van der Waals surface area contributed by atoms with E-state index in [4.69, 9.17) is 0 Å². The van der Waals surface area contributed by atoms with Gasteiger partial charge in [0.2, 0.25) is 0 Å². The van der Waals surface area contributed by atoms with Gasteiger partial charge in [-0.3, -0.25) is 9.59 Å². The van der Waals surface area contributed by atoms with Crippen LogP contribution in [0.15, 0.2) is 35.3 Å². The molecule has 182 valence electrons. The lowest BCUT2D eigenvalue weighted by molar-refractivity contribution is 0.0939. The summed E-state index contributed by atoms with van der Waals surface area (Å²) in [5.41, 5.74) is -0.107. The molecule has 2 aliphatic carbocycles. The number of amides is 1. The zero-order chi connectivity index (χ0) is 24.3. The maximum absolute atomic E-state index is 14.6. The van der Waals surface area contributed by atoms with Crippen molar-refractivity contribution in [2.24, 2.45) is 17.8 Å². The van der Waals surface area contributed by atoms with Gasteiger partial charge in [-0.1, -0.05) is 25.1 Å². The number of hydrogen-bond donors (Lipinski definition) is 2. The van der Waals surface area contributed by atoms with Crippen molar-refractivity contribution in [1.82, 2.24) is 14.8 Å². The van der Waals surface area contributed by atoms with E-state index in [2.05, 4.69) is 22.6 Å². The average molecular weight is 475 g/mol. The van der Waals surface area contributed by atoms with Crippen molar-refractivity contribution >= 4 is 11.6 Å². The number of alkyl halides is 2. The minimum atomic E-state index is -2.94. The summed E-state index contributed by atoms with van der Waals surface area (Å²) < 4.78 is 42.5. The van der Waals surface area contributed by atoms with Gasteiger partial charge in [-0.15, -0.1) is 0 Å². The lowest BCUT2D eigenvalue weighted by Gasteiger charge is -2.20. The molecule has 3 fully saturated rings. The Balaban J connectivity index is 1.41. The zero-order valence-electron chi connectivity index (χ0n) is 19.4. The maximum atomic E-state index is 14.6. The predicted molar refractivity (Wildman–Crippen MR) is 123 cm³/mol. The molecule has 1 aromatic heterocycles. The normalized spacial score (nSPS) is 28.5. The highest BCUT2D eigenvalue weighted by Crippen LogP contribution is 2.47. The number of nitrogens with zero attached hydrogens (tertiary/aromatic N) is 2. The lowest BCUT2D eigenvalue weighted by Crippen LogP contribution is -2.32. The third-order valence-corrected chi connectivity index (χ3v) is 7.56. The van der Waals surface area contributed by atoms with Crippen molar-refractivity contribution in [3.05, 3.63) is 63.3 Å². The van der Waals surface area contributed by atoms with Crippen molar-refractivity contribution < 1.29 is 18.0 Å². The number of carbonyl (C=O) groups excluding carboxylic acids is 1. The number of halogens is 3. The van der Waals surface area contributed by atoms with Crippen LogP contribution in [0.5, 0.6) is 0 Å². The van der Waals surface area contributed by atoms with Crippen LogP contribution in [0.3, 0.4) is 0 Å². The third-order valence-electron chi connectivity index (χ3n) is 7.56. The van der Waals surface area contributed by atoms with Gasteiger partial charge in [-0.25, -0.2) is 13.2 Å². The first-order valence-corrected chi connectivity index (χ1v) is 11.7. The minimum Gasteiger partial charge on any atom is -0.381 e. The molecule has 6 atom stereocenters. The number of benzene rings is 1. The van der Waals surface area contributed by atoms with E-state index >= 15 is 0 Å². The largest absolute Gasteiger partial charge is 0.381 e. The van der Waals surface area contributed by atoms with E-state index in [0.717, 1.165) is 25.6 Å². The minimum absolute atomic E-state index is 0.00967. The fraction of sp³-hybridized carbons (Fsp3) is 0.520. The highest BCUT2D eigenvalue weighted by molar-refractivity contribution is 5.99. The molecule has 1 aliphatic heterocycles. The number of hydrogen-bond acceptors (Lipinski definition) is 4. The Labute approximate surface area is 196 Å². The second-order valence-corrected chi connectivity index (χ2v) is 10.1. The molecule has 9 heteroatoms. The summed E-state index contributed by atoms with van der Waals surface area (Å²) in [4.78, 5) is 28.4. The number of fused-ring (bicyclic) bond motifs is 1. The Morgan fingerprint density at radius 2 is 1.82 bits per heavy atom. The summed E-state index contributed by atoms with van der Waals surface area (Å²) >= 11 is 0. The van der Waals surface area contributed by atoms with Gasteiger partial charge in [-0.05, 0) is 38.1 Å². The fourth-order valence-corrected chi connectivity index (χ4v) is 5.35. The van der Waals surface area contributed by atoms with Gasteiger partial charge in [0.15, 0.2) is 0 Å². The molecular formula is C25H29F3N4O2. The molecule has 5 rings (SSSR count). The average Bonchev–Trinajstić information content (AvgIpc) is 3.60. The molecule has 3 aliphatic rings. The molecule has 0 spiro atoms. The summed E-state index contributed by atoms with van der Waals surface area (Å²) in [6, 6.07) is 4.67. The number of likely N-dealkylation sites (tertiary alicyclic amines) is 1. The first-order valence-electron chi connectivity index (χ1n) is 11.7. The molecule has 0 radical (unpaired) electrons. The van der Waals surface area contributed by atoms with Crippen LogP contribution in [-0.4, -0.2) is 41.6 Å². The van der Waals surface area contributed by atoms with Crippen LogP contribution in [0.1, 0.15) is 60.3 Å². The molecule has 2 heterocycles. The van der Waals surface area contributed by atoms with Gasteiger partial charge >= 0.3 is 0 Å². The van der Waals surface area contributed by atoms with Gasteiger partial charge in [0.05, 0.1) is 22.9 Å². The number of nitrogens with one attached hydrogen (secondary N) is 2. The lowest BCUT2D eigenvalue weighted by atomic mass is 10.0. The standard InChI is InChI=1S/C25H29F3N4O2/c1-12-7-20(12)32-11-18(19(8-21(32)33)30-23-16-9-31(3)10-17(16)23)25(34)29-13(2)14-5-4-6-15(22(14)26)24(27)28/h4-6,8,11-13,16-17,20,23-24,30H,7,9-10H2,1-3H3,(H,29,34)/t12-,13-,16-,17+,20+,23+/m1/s1. The SMILES string of the molecule is C[C@@H]1C[C@@H]1n1cc(C(=O)N[C@H](C)c2cccc(C(F)F)c2F)c(N[C@H]2[C@@H]3CN(C)C[C@@H]32)cc1=O. The molecular weight excluding hydrogens is 445 g/mol. The predicted octanol–water partition coefficient (Wildman–Crippen LogP) is 3.97. The summed E-state index contributed by atoms with van der Waals surface area (Å²) in [5, 5.41) is 6.14. The van der Waals surface area contributed by atoms with Gasteiger partial charge in [-0.2, -0.15) is 0 Å². The van der Waals surface area contributed by atoms with Crippen molar-refractivity contribution in [1.29, 1.82) is 0 Å². The molecule has 2 N–H and O–H groups in total. The van der Waals surface area contributed by atoms with E-state index in [1.54, 1.807) is 17.7 Å². The van der Waals surface area contributed by atoms with Crippen molar-refractivity contribution in [2.75, 3.05) is 25.5 Å². The van der Waals surface area contributed by atoms with Crippen LogP contribution in [0, 0.1) is 23.6 Å². The summed E-state index contributed by atoms with van der Waals surface area (Å²) in [7, 11) is 2.07. The molecule has 6 nitrogen and oxygen atoms in total. The van der Waals surface area contributed by atoms with Crippen molar-refractivity contribution in [3.8, 4) is 0 Å². The van der Waals surface area contributed by atoms with E-state index in [9.17, 15) is 22.8 Å². The Morgan fingerprint density at radius 3 is 2.44 bits per heavy atom. The highest BCUT2D eigenvalue weighted by atomic mass is 19.3. The van der Waals surface area contributed by atoms with Crippen LogP contribution in [-0.2, 0) is 0 Å². The summed E-state index contributed by atoms with van der Waals surface area (Å²) in [6.45, 7) is 5.54. The Morgan fingerprint density at radius 1 is 1.18 bits per heavy atom. The van der Waals surface area contributed by atoms with Crippen LogP contribution < -0.4 is 16.2 Å². The molecule has 1 amide bonds. The summed E-state index contributed by atoms with van der Waals surface area (Å²) in [5.74, 6) is -0.179. The molecule has 0 bridgehead atoms. The quantitative estimate of drug-likeness (QED) is 0.638. The number of piperidine rings is 1. The molecule has 2 aromatic rings. The first-order chi connectivity index (χ1) is 16.2. The van der Waals surface area contributed by atoms with Crippen LogP contribution in [0.4, 0.5) is 18.9 Å². The van der Waals surface area contributed by atoms with Crippen molar-refractivity contribution in [2.45, 2.75) is 44.8 Å². The fourth-order valence-electron chi connectivity index (χ4n) is 5.35. The maximum Gasteiger partial charge on any atom is 0.266 e. The molecule has 34 heavy (non-hydrogen) atoms. The number of carbonyl (C=O) groups is 1. The Hall–Kier alpha value is -2.81. The molecule has 1 saturated heterocycles. The van der Waals surface area contributed by atoms with E-state index in [1.165, 1.54) is 18.2 Å². The van der Waals surface area contributed by atoms with Gasteiger partial charge in [0, 0.05) is 43.0 Å². The molecule has 2 saturated carbocycles. The second kappa shape index (κ2) is 8.45. The van der Waals surface area contributed by atoms with Crippen molar-refractivity contribution in [3.63, 3.8) is 0 Å². The smallest absolute Gasteiger partial charge is 0.266 e. The Kier molecular flexibility index (Phi) is 5.70. The van der Waals surface area contributed by atoms with Crippen LogP contribution in [0.2, 0.25) is 0 Å². The van der Waals surface area contributed by atoms with E-state index in [-0.39, 0.29) is 23.2 Å². The number of pyridine rings is 1. The van der Waals surface area contributed by atoms with Crippen LogP contribution in [0.25, 0.3) is 0 Å². The highest BCUT2D eigenvalue weighted by Gasteiger charge is 2.55. The number of aromatic nitrogens is 1. The van der Waals surface area contributed by atoms with E-state index in [1.807, 2.05) is 6.92 Å². The molecule has 0 unspecified atom stereocenters. The Bertz CT molecular complexity index is 1170. The third kappa shape index (κ3) is 4.10. The topological polar surface area (TPSA) is 66.4 Å². The summed E-state index contributed by atoms with van der Waals surface area (Å²) in [6.07, 6.45) is -0.494. The van der Waals surface area contributed by atoms with Crippen LogP contribution >= 0.6 is 0 Å². The van der Waals surface area contributed by atoms with E-state index in [0.29, 0.717) is 29.0 Å². The molecule has 1 aromatic carbocycles. The zero-order valence-corrected chi connectivity index (χ0v) is 19.4. The second-order valence-electron chi connectivity index (χ2n) is 10.1. The monoisotopic (exact) mass is 474 g/mol. The number of anilines is 1. The van der Waals surface area contributed by atoms with Gasteiger partial charge in [0.25, 0.3) is 17.9 Å². The first kappa shape index (κ1) is 23.0. The number of rotatable bonds is 7.